The molecule has 3 unspecified atom stereocenters. The summed E-state index contributed by atoms with van der Waals surface area (Å²) < 4.78 is 12.2. The molecule has 1 aromatic heterocycles. The Kier molecular flexibility index (Phi) is 17.5. The molecule has 2 aromatic rings. The summed E-state index contributed by atoms with van der Waals surface area (Å²) in [5, 5.41) is 12.5. The van der Waals surface area contributed by atoms with Gasteiger partial charge in [0.1, 0.15) is 24.0 Å². The molecule has 0 radical (unpaired) electrons. The van der Waals surface area contributed by atoms with Crippen LogP contribution < -0.4 is 21.3 Å². The Morgan fingerprint density at radius 1 is 0.984 bits per heavy atom. The highest BCUT2D eigenvalue weighted by molar-refractivity contribution is 5.96. The summed E-state index contributed by atoms with van der Waals surface area (Å²) in [5.41, 5.74) is 0.0858. The monoisotopic (exact) mass is 862 g/mol. The molecule has 3 aliphatic rings. The quantitative estimate of drug-likeness (QED) is 0.0938. The number of ketones is 1. The number of hydrogen-bond acceptors (Lipinski definition) is 12. The SMILES string of the molecule is CCCC(NC(=O)[C@@H]1CC2(CN1COC[C@@H](NC(=O)[C@@H](NC(=O)c1cnccn1)C(CC)CC)C(C)(C)C)N(CC)C(=O)C1CCCN12)C(=O)COCN[C@@H](C)c1ccccc1. The smallest absolute Gasteiger partial charge is 0.272 e. The predicted octanol–water partition coefficient (Wildman–Crippen LogP) is 3.79. The third kappa shape index (κ3) is 11.6. The zero-order valence-corrected chi connectivity index (χ0v) is 38.2. The van der Waals surface area contributed by atoms with Crippen molar-refractivity contribution in [1.29, 1.82) is 0 Å². The van der Waals surface area contributed by atoms with Crippen LogP contribution in [0.1, 0.15) is 122 Å². The second-order valence-electron chi connectivity index (χ2n) is 18.1. The summed E-state index contributed by atoms with van der Waals surface area (Å²) in [6.07, 6.45) is 8.81. The molecule has 4 N–H and O–H groups in total. The highest BCUT2D eigenvalue weighted by Gasteiger charge is 2.63. The average molecular weight is 862 g/mol. The lowest BCUT2D eigenvalue weighted by Gasteiger charge is -2.40. The van der Waals surface area contributed by atoms with Gasteiger partial charge >= 0.3 is 0 Å². The largest absolute Gasteiger partial charge is 0.364 e. The molecule has 0 bridgehead atoms. The molecule has 342 valence electrons. The van der Waals surface area contributed by atoms with E-state index < -0.39 is 41.2 Å². The van der Waals surface area contributed by atoms with E-state index in [-0.39, 0.29) is 73.9 Å². The lowest BCUT2D eigenvalue weighted by Crippen LogP contribution is -2.57. The van der Waals surface area contributed by atoms with Crippen molar-refractivity contribution in [2.75, 3.05) is 46.3 Å². The number of Topliss-reactive ketones (excluding diaryl/α,β-unsaturated/α-hetero) is 1. The van der Waals surface area contributed by atoms with Gasteiger partial charge in [-0.25, -0.2) is 4.98 Å². The Morgan fingerprint density at radius 3 is 2.37 bits per heavy atom. The van der Waals surface area contributed by atoms with E-state index in [1.807, 2.05) is 95.5 Å². The standard InChI is InChI=1S/C46H71N9O7/c1-9-17-34(38(56)26-61-29-49-31(5)33-18-14-13-15-19-33)50-42(58)37-24-46(54(12-4)44(60)36-20-16-23-55(36)46)28-53(37)30-62-27-39(45(6,7)8)51-43(59)40(32(10-2)11-3)52-41(57)35-25-47-21-22-48-35/h13-15,18-19,21-22,25,31-32,34,36-37,39-40,49H,9-12,16-17,20,23-24,26-30H2,1-8H3,(H,50,58)(H,51,59)(H,52,57)/t31-,34?,36?,37-,39+,40-,46?/m0/s1. The summed E-state index contributed by atoms with van der Waals surface area (Å²) in [4.78, 5) is 83.4. The number of amides is 4. The number of carbonyl (C=O) groups is 5. The molecular weight excluding hydrogens is 791 g/mol. The zero-order chi connectivity index (χ0) is 45.0. The van der Waals surface area contributed by atoms with Gasteiger partial charge in [-0.15, -0.1) is 0 Å². The molecule has 3 saturated heterocycles. The lowest BCUT2D eigenvalue weighted by atomic mass is 9.86. The minimum Gasteiger partial charge on any atom is -0.364 e. The van der Waals surface area contributed by atoms with Crippen LogP contribution in [0.2, 0.25) is 0 Å². The number of likely N-dealkylation sites (tertiary alicyclic amines) is 1. The van der Waals surface area contributed by atoms with Gasteiger partial charge in [-0.3, -0.25) is 44.1 Å². The van der Waals surface area contributed by atoms with Crippen molar-refractivity contribution >= 4 is 29.4 Å². The molecule has 3 aliphatic heterocycles. The van der Waals surface area contributed by atoms with Gasteiger partial charge in [-0.2, -0.15) is 0 Å². The van der Waals surface area contributed by atoms with Crippen molar-refractivity contribution in [2.45, 2.75) is 142 Å². The number of aromatic nitrogens is 2. The van der Waals surface area contributed by atoms with E-state index in [1.165, 1.54) is 18.6 Å². The van der Waals surface area contributed by atoms with Crippen molar-refractivity contribution in [1.82, 2.24) is 45.9 Å². The van der Waals surface area contributed by atoms with Crippen molar-refractivity contribution in [3.8, 4) is 0 Å². The maximum atomic E-state index is 14.5. The summed E-state index contributed by atoms with van der Waals surface area (Å²) in [7, 11) is 0. The van der Waals surface area contributed by atoms with Crippen LogP contribution in [0.5, 0.6) is 0 Å². The number of fused-ring (bicyclic) bond motifs is 2. The van der Waals surface area contributed by atoms with E-state index in [1.54, 1.807) is 0 Å². The minimum atomic E-state index is -0.817. The first kappa shape index (κ1) is 48.7. The molecule has 7 atom stereocenters. The molecule has 62 heavy (non-hydrogen) atoms. The Bertz CT molecular complexity index is 1790. The number of ether oxygens (including phenoxy) is 2. The molecule has 4 amide bonds. The topological polar surface area (TPSA) is 187 Å². The molecule has 16 nitrogen and oxygen atoms in total. The van der Waals surface area contributed by atoms with Crippen LogP contribution in [-0.4, -0.2) is 136 Å². The van der Waals surface area contributed by atoms with Crippen LogP contribution >= 0.6 is 0 Å². The van der Waals surface area contributed by atoms with Gasteiger partial charge < -0.3 is 30.3 Å². The molecule has 1 aromatic carbocycles. The Balaban J connectivity index is 1.29. The van der Waals surface area contributed by atoms with Crippen LogP contribution in [0.4, 0.5) is 0 Å². The van der Waals surface area contributed by atoms with Gasteiger partial charge in [-0.1, -0.05) is 91.1 Å². The normalized spacial score (nSPS) is 22.4. The fourth-order valence-electron chi connectivity index (χ4n) is 9.26. The van der Waals surface area contributed by atoms with E-state index in [4.69, 9.17) is 9.47 Å². The first-order chi connectivity index (χ1) is 29.7. The molecule has 16 heteroatoms. The summed E-state index contributed by atoms with van der Waals surface area (Å²) in [6.45, 7) is 17.8. The fourth-order valence-corrected chi connectivity index (χ4v) is 9.26. The predicted molar refractivity (Wildman–Crippen MR) is 235 cm³/mol. The van der Waals surface area contributed by atoms with E-state index in [2.05, 4.69) is 36.1 Å². The van der Waals surface area contributed by atoms with E-state index >= 15 is 0 Å². The lowest BCUT2D eigenvalue weighted by molar-refractivity contribution is -0.134. The first-order valence-corrected chi connectivity index (χ1v) is 22.6. The Morgan fingerprint density at radius 2 is 1.73 bits per heavy atom. The molecule has 5 rings (SSSR count). The summed E-state index contributed by atoms with van der Waals surface area (Å²) in [5.74, 6) is -1.35. The number of likely N-dealkylation sites (N-methyl/N-ethyl adjacent to an activating group) is 1. The number of benzene rings is 1. The molecular formula is C46H71N9O7. The van der Waals surface area contributed by atoms with Gasteiger partial charge in [-0.05, 0) is 50.0 Å². The third-order valence-corrected chi connectivity index (χ3v) is 13.0. The zero-order valence-electron chi connectivity index (χ0n) is 38.2. The van der Waals surface area contributed by atoms with Crippen molar-refractivity contribution in [3.63, 3.8) is 0 Å². The number of carbonyl (C=O) groups excluding carboxylic acids is 5. The van der Waals surface area contributed by atoms with Crippen molar-refractivity contribution in [3.05, 3.63) is 60.2 Å². The van der Waals surface area contributed by atoms with E-state index in [0.717, 1.165) is 24.9 Å². The second-order valence-corrected chi connectivity index (χ2v) is 18.1. The number of hydrogen-bond donors (Lipinski definition) is 4. The maximum absolute atomic E-state index is 14.5. The maximum Gasteiger partial charge on any atom is 0.272 e. The number of nitrogens with zero attached hydrogens (tertiary/aromatic N) is 5. The third-order valence-electron chi connectivity index (χ3n) is 13.0. The van der Waals surface area contributed by atoms with Crippen molar-refractivity contribution < 1.29 is 33.4 Å². The minimum absolute atomic E-state index is 0.0327. The van der Waals surface area contributed by atoms with E-state index in [0.29, 0.717) is 45.2 Å². The average Bonchev–Trinajstić information content (AvgIpc) is 3.96. The van der Waals surface area contributed by atoms with Gasteiger partial charge in [0.25, 0.3) is 5.91 Å². The van der Waals surface area contributed by atoms with Gasteiger partial charge in [0, 0.05) is 44.5 Å². The summed E-state index contributed by atoms with van der Waals surface area (Å²) in [6, 6.07) is 7.06. The molecule has 3 fully saturated rings. The molecule has 1 spiro atoms. The fraction of sp³-hybridized carbons (Fsp3) is 0.674. The van der Waals surface area contributed by atoms with Gasteiger partial charge in [0.05, 0.1) is 50.4 Å². The highest BCUT2D eigenvalue weighted by atomic mass is 16.5. The molecule has 0 aliphatic carbocycles. The van der Waals surface area contributed by atoms with Gasteiger partial charge in [0.15, 0.2) is 5.78 Å². The Hall–Kier alpha value is -4.35. The number of nitrogens with one attached hydrogen (secondary N) is 4. The number of rotatable bonds is 23. The van der Waals surface area contributed by atoms with Crippen LogP contribution in [0.15, 0.2) is 48.9 Å². The van der Waals surface area contributed by atoms with Gasteiger partial charge in [0.2, 0.25) is 17.7 Å². The second kappa shape index (κ2) is 22.3. The first-order valence-electron chi connectivity index (χ1n) is 22.6. The highest BCUT2D eigenvalue weighted by Crippen LogP contribution is 2.45. The van der Waals surface area contributed by atoms with Crippen LogP contribution in [-0.2, 0) is 28.7 Å². The van der Waals surface area contributed by atoms with Crippen LogP contribution in [0.25, 0.3) is 0 Å². The van der Waals surface area contributed by atoms with E-state index in [9.17, 15) is 24.0 Å². The summed E-state index contributed by atoms with van der Waals surface area (Å²) >= 11 is 0. The molecule has 0 saturated carbocycles. The Labute approximate surface area is 368 Å². The van der Waals surface area contributed by atoms with Crippen LogP contribution in [0.3, 0.4) is 0 Å². The van der Waals surface area contributed by atoms with Crippen molar-refractivity contribution in [2.24, 2.45) is 11.3 Å². The van der Waals surface area contributed by atoms with Crippen LogP contribution in [0, 0.1) is 11.3 Å². The molecule has 4 heterocycles.